The van der Waals surface area contributed by atoms with Crippen LogP contribution in [-0.2, 0) is 4.74 Å². The van der Waals surface area contributed by atoms with Gasteiger partial charge in [0.25, 0.3) is 5.91 Å². The highest BCUT2D eigenvalue weighted by atomic mass is 16.5. The minimum absolute atomic E-state index is 0.0560. The Morgan fingerprint density at radius 1 is 1.17 bits per heavy atom. The number of urea groups is 1. The first-order valence-electron chi connectivity index (χ1n) is 13.6. The molecule has 1 unspecified atom stereocenters. The van der Waals surface area contributed by atoms with Crippen molar-refractivity contribution < 1.29 is 23.8 Å². The highest BCUT2D eigenvalue weighted by Gasteiger charge is 2.38. The van der Waals surface area contributed by atoms with E-state index in [0.717, 1.165) is 0 Å². The fourth-order valence-corrected chi connectivity index (χ4v) is 4.89. The van der Waals surface area contributed by atoms with Gasteiger partial charge in [0.2, 0.25) is 11.8 Å². The Balaban J connectivity index is 1.48. The largest absolute Gasteiger partial charge is 0.497 e. The highest BCUT2D eigenvalue weighted by Crippen LogP contribution is 2.36. The predicted molar refractivity (Wildman–Crippen MR) is 155 cm³/mol. The van der Waals surface area contributed by atoms with Gasteiger partial charge in [-0.15, -0.1) is 0 Å². The minimum Gasteiger partial charge on any atom is -0.497 e. The summed E-state index contributed by atoms with van der Waals surface area (Å²) in [6.45, 7) is 10.6. The molecule has 0 aliphatic carbocycles. The molecule has 4 heterocycles. The summed E-state index contributed by atoms with van der Waals surface area (Å²) < 4.78 is 17.2. The van der Waals surface area contributed by atoms with Gasteiger partial charge < -0.3 is 29.3 Å². The monoisotopic (exact) mass is 561 g/mol. The second kappa shape index (κ2) is 11.6. The lowest BCUT2D eigenvalue weighted by Crippen LogP contribution is -2.44. The zero-order valence-corrected chi connectivity index (χ0v) is 23.9. The van der Waals surface area contributed by atoms with Crippen LogP contribution in [0.25, 0.3) is 11.3 Å². The van der Waals surface area contributed by atoms with Crippen molar-refractivity contribution in [3.63, 3.8) is 0 Å². The van der Waals surface area contributed by atoms with Crippen LogP contribution in [0.15, 0.2) is 42.6 Å². The van der Waals surface area contributed by atoms with Gasteiger partial charge in [-0.2, -0.15) is 4.98 Å². The summed E-state index contributed by atoms with van der Waals surface area (Å²) in [6, 6.07) is 10.0. The minimum atomic E-state index is -0.644. The molecule has 2 aliphatic heterocycles. The van der Waals surface area contributed by atoms with Crippen LogP contribution < -0.4 is 25.0 Å². The molecule has 2 aliphatic rings. The Morgan fingerprint density at radius 3 is 2.66 bits per heavy atom. The van der Waals surface area contributed by atoms with E-state index in [1.165, 1.54) is 0 Å². The van der Waals surface area contributed by atoms with Crippen molar-refractivity contribution in [1.29, 1.82) is 0 Å². The molecule has 1 fully saturated rings. The number of hydrogen-bond acceptors (Lipinski definition) is 9. The first-order valence-corrected chi connectivity index (χ1v) is 13.6. The number of benzene rings is 1. The number of likely N-dealkylation sites (N-methyl/N-ethyl adjacent to an activating group) is 1. The van der Waals surface area contributed by atoms with Crippen LogP contribution in [0.2, 0.25) is 0 Å². The van der Waals surface area contributed by atoms with E-state index in [9.17, 15) is 9.59 Å². The van der Waals surface area contributed by atoms with E-state index >= 15 is 0 Å². The number of anilines is 3. The molecule has 2 aromatic heterocycles. The van der Waals surface area contributed by atoms with Crippen molar-refractivity contribution in [2.45, 2.75) is 39.3 Å². The molecule has 41 heavy (non-hydrogen) atoms. The number of carbonyl (C=O) groups excluding carboxylic acids is 2. The molecule has 0 bridgehead atoms. The van der Waals surface area contributed by atoms with Gasteiger partial charge in [-0.05, 0) is 45.9 Å². The van der Waals surface area contributed by atoms with Gasteiger partial charge in [0, 0.05) is 36.6 Å². The number of nitrogens with one attached hydrogen (secondary N) is 2. The SMILES string of the molecule is CCN1CC(C)(C)Oc2nc(N3CCOCC3C)nc(-c3ccc(NC(=O)Nc4cc(OC)ccn4)cc3)c2C1=O. The summed E-state index contributed by atoms with van der Waals surface area (Å²) in [5, 5.41) is 5.49. The van der Waals surface area contributed by atoms with Crippen molar-refractivity contribution in [1.82, 2.24) is 19.9 Å². The van der Waals surface area contributed by atoms with Crippen molar-refractivity contribution in [2.75, 3.05) is 55.5 Å². The van der Waals surface area contributed by atoms with E-state index in [0.29, 0.717) is 72.9 Å². The number of rotatable bonds is 6. The Bertz CT molecular complexity index is 1430. The number of fused-ring (bicyclic) bond motifs is 1. The molecule has 0 saturated carbocycles. The quantitative estimate of drug-likeness (QED) is 0.458. The van der Waals surface area contributed by atoms with Gasteiger partial charge in [0.1, 0.15) is 22.7 Å². The number of pyridine rings is 1. The second-order valence-electron chi connectivity index (χ2n) is 10.6. The maximum atomic E-state index is 13.8. The third kappa shape index (κ3) is 6.17. The lowest BCUT2D eigenvalue weighted by Gasteiger charge is -2.34. The van der Waals surface area contributed by atoms with Crippen LogP contribution in [0.4, 0.5) is 22.2 Å². The van der Waals surface area contributed by atoms with Crippen molar-refractivity contribution in [3.8, 4) is 22.9 Å². The molecule has 5 rings (SSSR count). The number of nitrogens with zero attached hydrogens (tertiary/aromatic N) is 5. The molecule has 12 heteroatoms. The third-order valence-corrected chi connectivity index (χ3v) is 6.94. The van der Waals surface area contributed by atoms with Gasteiger partial charge in [-0.3, -0.25) is 10.1 Å². The predicted octanol–water partition coefficient (Wildman–Crippen LogP) is 4.05. The molecule has 0 radical (unpaired) electrons. The summed E-state index contributed by atoms with van der Waals surface area (Å²) >= 11 is 0. The van der Waals surface area contributed by atoms with E-state index in [4.69, 9.17) is 24.2 Å². The maximum Gasteiger partial charge on any atom is 0.324 e. The topological polar surface area (TPSA) is 131 Å². The third-order valence-electron chi connectivity index (χ3n) is 6.94. The van der Waals surface area contributed by atoms with Gasteiger partial charge >= 0.3 is 6.03 Å². The molecule has 12 nitrogen and oxygen atoms in total. The van der Waals surface area contributed by atoms with Crippen LogP contribution in [0.3, 0.4) is 0 Å². The summed E-state index contributed by atoms with van der Waals surface area (Å²) in [7, 11) is 1.54. The van der Waals surface area contributed by atoms with Crippen LogP contribution in [0.1, 0.15) is 38.1 Å². The smallest absolute Gasteiger partial charge is 0.324 e. The lowest BCUT2D eigenvalue weighted by atomic mass is 10.0. The Hall–Kier alpha value is -4.45. The molecule has 3 aromatic rings. The molecule has 1 atom stereocenters. The standard InChI is InChI=1S/C29H35N7O5/c1-6-35-17-29(3,4)41-25-23(26(35)37)24(33-27(34-25)36-13-14-40-16-18(36)2)19-7-9-20(10-8-19)31-28(38)32-22-15-21(39-5)11-12-30-22/h7-12,15,18H,6,13-14,16-17H2,1-5H3,(H2,30,31,32,38). The number of ether oxygens (including phenoxy) is 3. The number of hydrogen-bond donors (Lipinski definition) is 2. The first kappa shape index (κ1) is 28.1. The molecule has 3 amide bonds. The molecule has 1 aromatic carbocycles. The van der Waals surface area contributed by atoms with Crippen molar-refractivity contribution >= 4 is 29.4 Å². The fourth-order valence-electron chi connectivity index (χ4n) is 4.89. The highest BCUT2D eigenvalue weighted by molar-refractivity contribution is 6.03. The van der Waals surface area contributed by atoms with Crippen LogP contribution >= 0.6 is 0 Å². The summed E-state index contributed by atoms with van der Waals surface area (Å²) in [6.07, 6.45) is 1.55. The van der Waals surface area contributed by atoms with Crippen LogP contribution in [0, 0.1) is 0 Å². The molecular weight excluding hydrogens is 526 g/mol. The lowest BCUT2D eigenvalue weighted by molar-refractivity contribution is 0.0541. The molecule has 216 valence electrons. The number of morpholine rings is 1. The summed E-state index contributed by atoms with van der Waals surface area (Å²) in [5.74, 6) is 1.50. The summed E-state index contributed by atoms with van der Waals surface area (Å²) in [5.41, 5.74) is 1.40. The normalized spacial score (nSPS) is 18.2. The van der Waals surface area contributed by atoms with E-state index in [1.807, 2.05) is 32.9 Å². The number of methoxy groups -OCH3 is 1. The molecule has 2 N–H and O–H groups in total. The van der Waals surface area contributed by atoms with Gasteiger partial charge in [-0.25, -0.2) is 14.8 Å². The van der Waals surface area contributed by atoms with Crippen molar-refractivity contribution in [2.24, 2.45) is 0 Å². The van der Waals surface area contributed by atoms with Gasteiger partial charge in [0.15, 0.2) is 0 Å². The Kier molecular flexibility index (Phi) is 7.93. The average Bonchev–Trinajstić information content (AvgIpc) is 3.05. The van der Waals surface area contributed by atoms with Crippen molar-refractivity contribution in [3.05, 3.63) is 48.2 Å². The molecule has 0 spiro atoms. The van der Waals surface area contributed by atoms with E-state index in [-0.39, 0.29) is 17.8 Å². The van der Waals surface area contributed by atoms with E-state index < -0.39 is 11.6 Å². The molecule has 1 saturated heterocycles. The maximum absolute atomic E-state index is 13.8. The van der Waals surface area contributed by atoms with Gasteiger partial charge in [0.05, 0.1) is 38.6 Å². The fraction of sp³-hybridized carbons (Fsp3) is 0.414. The zero-order valence-electron chi connectivity index (χ0n) is 23.9. The summed E-state index contributed by atoms with van der Waals surface area (Å²) in [4.78, 5) is 44.0. The van der Waals surface area contributed by atoms with E-state index in [2.05, 4.69) is 27.4 Å². The second-order valence-corrected chi connectivity index (χ2v) is 10.6. The Morgan fingerprint density at radius 2 is 1.95 bits per heavy atom. The number of aromatic nitrogens is 3. The first-order chi connectivity index (χ1) is 19.7. The van der Waals surface area contributed by atoms with Crippen LogP contribution in [-0.4, -0.2) is 83.4 Å². The van der Waals surface area contributed by atoms with E-state index in [1.54, 1.807) is 42.5 Å². The average molecular weight is 562 g/mol. The number of amides is 3. The van der Waals surface area contributed by atoms with Gasteiger partial charge in [-0.1, -0.05) is 12.1 Å². The number of carbonyl (C=O) groups is 2. The Labute approximate surface area is 239 Å². The van der Waals surface area contributed by atoms with Crippen LogP contribution in [0.5, 0.6) is 11.6 Å². The zero-order chi connectivity index (χ0) is 29.1. The molecular formula is C29H35N7O5.